The van der Waals surface area contributed by atoms with E-state index in [0.29, 0.717) is 11.3 Å². The number of guanidine groups is 1. The molecule has 2 aromatic carbocycles. The summed E-state index contributed by atoms with van der Waals surface area (Å²) in [6.07, 6.45) is -1.13. The van der Waals surface area contributed by atoms with Gasteiger partial charge in [-0.3, -0.25) is 10.1 Å². The molecule has 1 heterocycles. The van der Waals surface area contributed by atoms with Crippen LogP contribution in [0.4, 0.5) is 24.9 Å². The highest BCUT2D eigenvalue weighted by molar-refractivity contribution is 6.04. The van der Waals surface area contributed by atoms with Gasteiger partial charge in [0.1, 0.15) is 11.6 Å². The van der Waals surface area contributed by atoms with Crippen molar-refractivity contribution in [2.45, 2.75) is 51.1 Å². The van der Waals surface area contributed by atoms with Crippen molar-refractivity contribution >= 4 is 34.5 Å². The third-order valence-electron chi connectivity index (χ3n) is 5.79. The maximum Gasteiger partial charge on any atom is 0.573 e. The number of aryl methyl sites for hydroxylation is 1. The number of nitrogens with zero attached hydrogens (tertiary/aromatic N) is 3. The molecule has 36 heavy (non-hydrogen) atoms. The number of hydrogen-bond acceptors (Lipinski definition) is 6. The van der Waals surface area contributed by atoms with Gasteiger partial charge < -0.3 is 21.5 Å². The smallest absolute Gasteiger partial charge is 0.406 e. The highest BCUT2D eigenvalue weighted by Crippen LogP contribution is 2.29. The number of fused-ring (bicyclic) bond motifs is 1. The van der Waals surface area contributed by atoms with Crippen LogP contribution >= 0.6 is 0 Å². The van der Waals surface area contributed by atoms with Crippen molar-refractivity contribution in [3.8, 4) is 5.75 Å². The third kappa shape index (κ3) is 6.32. The van der Waals surface area contributed by atoms with Crippen molar-refractivity contribution < 1.29 is 22.7 Å². The van der Waals surface area contributed by atoms with E-state index in [4.69, 9.17) is 11.5 Å². The second-order valence-electron chi connectivity index (χ2n) is 8.60. The van der Waals surface area contributed by atoms with E-state index < -0.39 is 18.0 Å². The van der Waals surface area contributed by atoms with Gasteiger partial charge in [-0.05, 0) is 56.2 Å². The molecule has 12 heteroatoms. The minimum absolute atomic E-state index is 0.0247. The van der Waals surface area contributed by atoms with E-state index in [-0.39, 0.29) is 29.6 Å². The van der Waals surface area contributed by atoms with Gasteiger partial charge in [-0.15, -0.1) is 13.2 Å². The van der Waals surface area contributed by atoms with Gasteiger partial charge in [-0.25, -0.2) is 9.98 Å². The molecule has 6 N–H and O–H groups in total. The van der Waals surface area contributed by atoms with Crippen molar-refractivity contribution in [1.82, 2.24) is 9.97 Å². The molecule has 2 atom stereocenters. The van der Waals surface area contributed by atoms with Crippen LogP contribution < -0.4 is 26.8 Å². The zero-order valence-electron chi connectivity index (χ0n) is 19.5. The van der Waals surface area contributed by atoms with Crippen LogP contribution in [-0.4, -0.2) is 40.3 Å². The number of aromatic nitrogens is 2. The third-order valence-corrected chi connectivity index (χ3v) is 5.79. The Bertz CT molecular complexity index is 1280. The maximum atomic E-state index is 12.8. The van der Waals surface area contributed by atoms with E-state index in [1.165, 1.54) is 12.1 Å². The monoisotopic (exact) mass is 501 g/mol. The predicted octanol–water partition coefficient (Wildman–Crippen LogP) is 4.09. The largest absolute Gasteiger partial charge is 0.573 e. The van der Waals surface area contributed by atoms with Crippen molar-refractivity contribution in [2.24, 2.45) is 16.5 Å². The molecule has 1 fully saturated rings. The number of nitrogens with two attached hydrogens (primary N) is 2. The SMILES string of the molecule is Cc1ccc2nc(NC(=O)c3ccc(OC(F)(F)F)cc3)nc(N[C@H]3CCCC[C@H]3N=C(N)N)c2c1. The topological polar surface area (TPSA) is 141 Å². The van der Waals surface area contributed by atoms with Crippen molar-refractivity contribution in [3.63, 3.8) is 0 Å². The number of amides is 1. The first-order valence-electron chi connectivity index (χ1n) is 11.4. The zero-order valence-corrected chi connectivity index (χ0v) is 19.5. The molecule has 0 saturated heterocycles. The molecule has 0 aliphatic heterocycles. The number of hydrogen-bond donors (Lipinski definition) is 4. The van der Waals surface area contributed by atoms with Crippen molar-refractivity contribution in [3.05, 3.63) is 53.6 Å². The number of benzene rings is 2. The molecule has 1 saturated carbocycles. The van der Waals surface area contributed by atoms with Gasteiger partial charge in [0.2, 0.25) is 5.95 Å². The van der Waals surface area contributed by atoms with Gasteiger partial charge in [-0.1, -0.05) is 24.5 Å². The summed E-state index contributed by atoms with van der Waals surface area (Å²) in [6.45, 7) is 1.95. The summed E-state index contributed by atoms with van der Waals surface area (Å²) in [5.74, 6) is -0.413. The molecule has 3 aromatic rings. The summed E-state index contributed by atoms with van der Waals surface area (Å²) in [7, 11) is 0. The number of aliphatic imine (C=N–C) groups is 1. The maximum absolute atomic E-state index is 12.8. The van der Waals surface area contributed by atoms with Crippen molar-refractivity contribution in [1.29, 1.82) is 0 Å². The highest BCUT2D eigenvalue weighted by Gasteiger charge is 2.31. The quantitative estimate of drug-likeness (QED) is 0.295. The molecule has 1 amide bonds. The molecule has 4 rings (SSSR count). The first-order chi connectivity index (χ1) is 17.1. The molecule has 0 unspecified atom stereocenters. The van der Waals surface area contributed by atoms with E-state index in [2.05, 4.69) is 30.3 Å². The molecular formula is C24H26F3N7O2. The summed E-state index contributed by atoms with van der Waals surface area (Å²) < 4.78 is 41.0. The van der Waals surface area contributed by atoms with Gasteiger partial charge in [0.15, 0.2) is 5.96 Å². The van der Waals surface area contributed by atoms with Crippen LogP contribution in [-0.2, 0) is 0 Å². The van der Waals surface area contributed by atoms with Crippen molar-refractivity contribution in [2.75, 3.05) is 10.6 Å². The Morgan fingerprint density at radius 1 is 1.08 bits per heavy atom. The molecule has 190 valence electrons. The molecule has 0 bridgehead atoms. The van der Waals surface area contributed by atoms with E-state index in [1.807, 2.05) is 25.1 Å². The minimum atomic E-state index is -4.82. The standard InChI is InChI=1S/C24H26F3N7O2/c1-13-6-11-17-16(12-13)20(30-18-4-2-3-5-19(18)31-22(28)29)33-23(32-17)34-21(35)14-7-9-15(10-8-14)36-24(25,26)27/h6-12,18-19H,2-5H2,1H3,(H4,28,29,31)(H2,30,32,33,34,35)/t18-,19+/m0/s1. The molecule has 1 aromatic heterocycles. The Hall–Kier alpha value is -4.09. The molecule has 1 aliphatic rings. The molecular weight excluding hydrogens is 475 g/mol. The Morgan fingerprint density at radius 3 is 2.50 bits per heavy atom. The van der Waals surface area contributed by atoms with Gasteiger partial charge in [0, 0.05) is 10.9 Å². The summed E-state index contributed by atoms with van der Waals surface area (Å²) in [6, 6.07) is 10.1. The number of carbonyl (C=O) groups is 1. The number of carbonyl (C=O) groups excluding carboxylic acids is 1. The fraction of sp³-hybridized carbons (Fsp3) is 0.333. The number of rotatable bonds is 6. The molecule has 9 nitrogen and oxygen atoms in total. The first kappa shape index (κ1) is 25.0. The first-order valence-corrected chi connectivity index (χ1v) is 11.4. The normalized spacial score (nSPS) is 17.9. The number of ether oxygens (including phenoxy) is 1. The van der Waals surface area contributed by atoms with Crippen LogP contribution in [0.3, 0.4) is 0 Å². The van der Waals surface area contributed by atoms with Crippen LogP contribution in [0.5, 0.6) is 5.75 Å². The Kier molecular flexibility index (Phi) is 7.13. The van der Waals surface area contributed by atoms with E-state index in [0.717, 1.165) is 48.8 Å². The number of alkyl halides is 3. The Balaban J connectivity index is 1.60. The predicted molar refractivity (Wildman–Crippen MR) is 131 cm³/mol. The minimum Gasteiger partial charge on any atom is -0.406 e. The van der Waals surface area contributed by atoms with Gasteiger partial charge in [0.05, 0.1) is 17.6 Å². The average molecular weight is 502 g/mol. The second-order valence-corrected chi connectivity index (χ2v) is 8.60. The lowest BCUT2D eigenvalue weighted by molar-refractivity contribution is -0.274. The van der Waals surface area contributed by atoms with Crippen LogP contribution in [0, 0.1) is 6.92 Å². The molecule has 0 spiro atoms. The van der Waals surface area contributed by atoms with E-state index >= 15 is 0 Å². The lowest BCUT2D eigenvalue weighted by Crippen LogP contribution is -2.38. The lowest BCUT2D eigenvalue weighted by Gasteiger charge is -2.30. The second kappa shape index (κ2) is 10.3. The summed E-state index contributed by atoms with van der Waals surface area (Å²) >= 11 is 0. The van der Waals surface area contributed by atoms with Gasteiger partial charge in [-0.2, -0.15) is 4.98 Å². The Morgan fingerprint density at radius 2 is 1.81 bits per heavy atom. The van der Waals surface area contributed by atoms with Gasteiger partial charge in [0.25, 0.3) is 5.91 Å². The highest BCUT2D eigenvalue weighted by atomic mass is 19.4. The van der Waals surface area contributed by atoms with Gasteiger partial charge >= 0.3 is 6.36 Å². The summed E-state index contributed by atoms with van der Waals surface area (Å²) in [4.78, 5) is 26.1. The van der Waals surface area contributed by atoms with Crippen LogP contribution in [0.1, 0.15) is 41.6 Å². The van der Waals surface area contributed by atoms with Crippen LogP contribution in [0.25, 0.3) is 10.9 Å². The lowest BCUT2D eigenvalue weighted by atomic mass is 9.90. The van der Waals surface area contributed by atoms with Crippen LogP contribution in [0.2, 0.25) is 0 Å². The summed E-state index contributed by atoms with van der Waals surface area (Å²) in [5.41, 5.74) is 13.0. The number of anilines is 2. The number of halogens is 3. The fourth-order valence-corrected chi connectivity index (χ4v) is 4.19. The average Bonchev–Trinajstić information content (AvgIpc) is 2.80. The Labute approximate surface area is 205 Å². The number of nitrogens with one attached hydrogen (secondary N) is 2. The molecule has 0 radical (unpaired) electrons. The molecule has 1 aliphatic carbocycles. The van der Waals surface area contributed by atoms with E-state index in [9.17, 15) is 18.0 Å². The van der Waals surface area contributed by atoms with Crippen LogP contribution in [0.15, 0.2) is 47.5 Å². The summed E-state index contributed by atoms with van der Waals surface area (Å²) in [5, 5.41) is 6.84. The fourth-order valence-electron chi connectivity index (χ4n) is 4.19. The van der Waals surface area contributed by atoms with E-state index in [1.54, 1.807) is 0 Å². The zero-order chi connectivity index (χ0) is 25.9.